The van der Waals surface area contributed by atoms with Crippen molar-refractivity contribution in [1.82, 2.24) is 10.2 Å². The summed E-state index contributed by atoms with van der Waals surface area (Å²) in [7, 11) is 0. The number of ether oxygens (including phenoxy) is 6. The number of hydrogen-bond acceptors (Lipinski definition) is 12. The van der Waals surface area contributed by atoms with Crippen molar-refractivity contribution in [2.45, 2.75) is 317 Å². The van der Waals surface area contributed by atoms with Crippen molar-refractivity contribution in [1.29, 1.82) is 0 Å². The first-order chi connectivity index (χ1) is 37.1. The fraction of sp³-hybridized carbons (Fsp3) is 0.921. The Bertz CT molecular complexity index is 1300. The Morgan fingerprint density at radius 1 is 0.368 bits per heavy atom. The van der Waals surface area contributed by atoms with E-state index in [9.17, 15) is 24.0 Å². The third kappa shape index (κ3) is 50.4. The van der Waals surface area contributed by atoms with Crippen LogP contribution < -0.4 is 5.32 Å². The summed E-state index contributed by atoms with van der Waals surface area (Å²) in [6, 6.07) is 0. The van der Waals surface area contributed by atoms with Crippen LogP contribution >= 0.6 is 0 Å². The predicted octanol–water partition coefficient (Wildman–Crippen LogP) is 17.3. The van der Waals surface area contributed by atoms with E-state index >= 15 is 0 Å². The first-order valence-electron chi connectivity index (χ1n) is 32.1. The zero-order valence-electron chi connectivity index (χ0n) is 50.3. The molecule has 0 heterocycles. The van der Waals surface area contributed by atoms with E-state index in [4.69, 9.17) is 28.4 Å². The first-order valence-corrected chi connectivity index (χ1v) is 32.1. The van der Waals surface area contributed by atoms with E-state index in [1.807, 2.05) is 0 Å². The van der Waals surface area contributed by atoms with Crippen LogP contribution in [0, 0.1) is 5.92 Å². The fourth-order valence-electron chi connectivity index (χ4n) is 9.51. The van der Waals surface area contributed by atoms with Gasteiger partial charge >= 0.3 is 30.2 Å². The molecule has 0 bridgehead atoms. The average molecular weight is 1080 g/mol. The van der Waals surface area contributed by atoms with E-state index in [-0.39, 0.29) is 63.0 Å². The van der Waals surface area contributed by atoms with Gasteiger partial charge in [-0.2, -0.15) is 0 Å². The van der Waals surface area contributed by atoms with Crippen LogP contribution in [0.1, 0.15) is 305 Å². The first kappa shape index (κ1) is 72.9. The Morgan fingerprint density at radius 2 is 0.724 bits per heavy atom. The number of nitrogens with zero attached hydrogens (tertiary/aromatic N) is 1. The van der Waals surface area contributed by atoms with Crippen molar-refractivity contribution in [3.63, 3.8) is 0 Å². The molecule has 0 aliphatic carbocycles. The average Bonchev–Trinajstić information content (AvgIpc) is 3.41. The quantitative estimate of drug-likeness (QED) is 0.0350. The molecule has 1 N–H and O–H groups in total. The van der Waals surface area contributed by atoms with Crippen molar-refractivity contribution in [3.05, 3.63) is 0 Å². The van der Waals surface area contributed by atoms with Gasteiger partial charge in [0.05, 0.1) is 12.5 Å². The van der Waals surface area contributed by atoms with E-state index in [0.29, 0.717) is 32.2 Å². The number of hydrogen-bond donors (Lipinski definition) is 1. The van der Waals surface area contributed by atoms with Crippen LogP contribution in [0.25, 0.3) is 0 Å². The molecule has 0 saturated heterocycles. The highest BCUT2D eigenvalue weighted by atomic mass is 16.7. The van der Waals surface area contributed by atoms with Crippen LogP contribution in [0.4, 0.5) is 9.59 Å². The van der Waals surface area contributed by atoms with Gasteiger partial charge in [0.1, 0.15) is 32.0 Å². The molecule has 1 unspecified atom stereocenters. The summed E-state index contributed by atoms with van der Waals surface area (Å²) in [6.07, 6.45) is 41.1. The maximum atomic E-state index is 12.8. The fourth-order valence-corrected chi connectivity index (χ4v) is 9.51. The van der Waals surface area contributed by atoms with Crippen molar-refractivity contribution >= 4 is 30.2 Å². The summed E-state index contributed by atoms with van der Waals surface area (Å²) in [6.45, 7) is 16.1. The molecule has 0 radical (unpaired) electrons. The van der Waals surface area contributed by atoms with Crippen molar-refractivity contribution in [3.8, 4) is 0 Å². The molecule has 13 nitrogen and oxygen atoms in total. The van der Waals surface area contributed by atoms with Crippen LogP contribution in [0.2, 0.25) is 0 Å². The summed E-state index contributed by atoms with van der Waals surface area (Å²) >= 11 is 0. The number of rotatable bonds is 57. The number of amides is 1. The van der Waals surface area contributed by atoms with Gasteiger partial charge in [0.15, 0.2) is 0 Å². The number of carbonyl (C=O) groups is 5. The van der Waals surface area contributed by atoms with Gasteiger partial charge in [-0.3, -0.25) is 14.4 Å². The number of esters is 3. The molecule has 0 rings (SSSR count). The van der Waals surface area contributed by atoms with Gasteiger partial charge < -0.3 is 38.6 Å². The maximum absolute atomic E-state index is 12.8. The summed E-state index contributed by atoms with van der Waals surface area (Å²) in [5, 5.41) is 2.80. The van der Waals surface area contributed by atoms with Crippen LogP contribution in [0.3, 0.4) is 0 Å². The summed E-state index contributed by atoms with van der Waals surface area (Å²) in [5.41, 5.74) is 0. The van der Waals surface area contributed by atoms with Crippen molar-refractivity contribution in [2.24, 2.45) is 5.92 Å². The number of unbranched alkanes of at least 4 members (excludes halogenated alkanes) is 27. The zero-order chi connectivity index (χ0) is 55.8. The summed E-state index contributed by atoms with van der Waals surface area (Å²) < 4.78 is 33.7. The molecule has 1 amide bonds. The van der Waals surface area contributed by atoms with Gasteiger partial charge in [-0.05, 0) is 96.6 Å². The van der Waals surface area contributed by atoms with Gasteiger partial charge in [-0.15, -0.1) is 0 Å². The molecule has 76 heavy (non-hydrogen) atoms. The number of nitrogens with one attached hydrogen (secondary N) is 1. The second kappa shape index (κ2) is 56.6. The third-order valence-electron chi connectivity index (χ3n) is 14.6. The second-order valence-corrected chi connectivity index (χ2v) is 21.7. The molecule has 13 heteroatoms. The lowest BCUT2D eigenvalue weighted by molar-refractivity contribution is -0.151. The van der Waals surface area contributed by atoms with Gasteiger partial charge in [0.25, 0.3) is 0 Å². The van der Waals surface area contributed by atoms with E-state index in [1.165, 1.54) is 128 Å². The molecular weight excluding hydrogens is 961 g/mol. The second-order valence-electron chi connectivity index (χ2n) is 21.7. The van der Waals surface area contributed by atoms with Crippen LogP contribution in [-0.2, 0) is 42.8 Å². The van der Waals surface area contributed by atoms with E-state index in [0.717, 1.165) is 122 Å². The zero-order valence-corrected chi connectivity index (χ0v) is 50.3. The minimum absolute atomic E-state index is 0.0104. The molecule has 1 atom stereocenters. The molecule has 0 saturated carbocycles. The summed E-state index contributed by atoms with van der Waals surface area (Å²) in [5.74, 6) is -1.15. The monoisotopic (exact) mass is 1080 g/mol. The number of alkyl carbamates (subject to hydrolysis) is 1. The predicted molar refractivity (Wildman–Crippen MR) is 311 cm³/mol. The third-order valence-corrected chi connectivity index (χ3v) is 14.6. The largest absolute Gasteiger partial charge is 0.508 e. The standard InChI is InChI=1S/C63H120N2O11/c1-7-13-17-21-26-34-43-57(44-35-27-22-18-14-8-2)75-60(67)48-39-30-25-33-41-50-64-62(69)73-54-56(55-74-63(70)71-52-42-51-65(11-5)12-6)53-72-59(66)47-38-31-32-40-49-61(68)76-58(45-36-28-23-19-15-9-3)46-37-29-24-20-16-10-4/h56-58H,7-55H2,1-6H3,(H,64,69). The van der Waals surface area contributed by atoms with Crippen LogP contribution in [0.5, 0.6) is 0 Å². The van der Waals surface area contributed by atoms with Gasteiger partial charge in [0.2, 0.25) is 0 Å². The minimum atomic E-state index is -0.816. The van der Waals surface area contributed by atoms with E-state index in [1.54, 1.807) is 0 Å². The lowest BCUT2D eigenvalue weighted by Crippen LogP contribution is -2.31. The Balaban J connectivity index is 4.78. The van der Waals surface area contributed by atoms with Crippen LogP contribution in [0.15, 0.2) is 0 Å². The topological polar surface area (TPSA) is 156 Å². The minimum Gasteiger partial charge on any atom is -0.465 e. The number of carbonyl (C=O) groups excluding carboxylic acids is 5. The molecule has 0 aliphatic heterocycles. The highest BCUT2D eigenvalue weighted by molar-refractivity contribution is 5.70. The Morgan fingerprint density at radius 3 is 1.14 bits per heavy atom. The molecule has 0 aromatic carbocycles. The molecule has 0 aromatic heterocycles. The molecular formula is C63H120N2O11. The SMILES string of the molecule is CCCCCCCCC(CCCCCCCC)OC(=O)CCCCCCCNC(=O)OCC(COC(=O)CCCCCCC(=O)OC(CCCCCCCC)CCCCCCCC)COC(=O)OCCCN(CC)CC. The van der Waals surface area contributed by atoms with Gasteiger partial charge in [-0.1, -0.05) is 202 Å². The van der Waals surface area contributed by atoms with E-state index < -0.39 is 18.2 Å². The molecule has 448 valence electrons. The molecule has 0 spiro atoms. The molecule has 0 aliphatic rings. The molecule has 0 aromatic rings. The lowest BCUT2D eigenvalue weighted by Gasteiger charge is -2.18. The Labute approximate surface area is 466 Å². The summed E-state index contributed by atoms with van der Waals surface area (Å²) in [4.78, 5) is 65.8. The van der Waals surface area contributed by atoms with Crippen molar-refractivity contribution in [2.75, 3.05) is 52.6 Å². The highest BCUT2D eigenvalue weighted by Crippen LogP contribution is 2.20. The Kier molecular flexibility index (Phi) is 54.3. The maximum Gasteiger partial charge on any atom is 0.508 e. The van der Waals surface area contributed by atoms with E-state index in [2.05, 4.69) is 51.8 Å². The van der Waals surface area contributed by atoms with Crippen LogP contribution in [-0.4, -0.2) is 99.9 Å². The van der Waals surface area contributed by atoms with Crippen molar-refractivity contribution < 1.29 is 52.4 Å². The van der Waals surface area contributed by atoms with Gasteiger partial charge in [-0.25, -0.2) is 9.59 Å². The van der Waals surface area contributed by atoms with Gasteiger partial charge in [0, 0.05) is 32.4 Å². The molecule has 0 fully saturated rings. The normalized spacial score (nSPS) is 11.8. The Hall–Kier alpha value is -3.09. The highest BCUT2D eigenvalue weighted by Gasteiger charge is 2.20. The lowest BCUT2D eigenvalue weighted by atomic mass is 10.0. The smallest absolute Gasteiger partial charge is 0.465 e.